The topological polar surface area (TPSA) is 29.9 Å². The Kier molecular flexibility index (Phi) is 3.10. The Hall–Kier alpha value is -0.830. The van der Waals surface area contributed by atoms with Crippen LogP contribution in [-0.4, -0.2) is 21.6 Å². The molecule has 1 atom stereocenters. The molecule has 1 aromatic heterocycles. The third-order valence-corrected chi connectivity index (χ3v) is 3.67. The first-order valence-corrected chi connectivity index (χ1v) is 6.04. The van der Waals surface area contributed by atoms with Crippen molar-refractivity contribution in [3.63, 3.8) is 0 Å². The molecule has 15 heavy (non-hydrogen) atoms. The summed E-state index contributed by atoms with van der Waals surface area (Å²) < 4.78 is 2.25. The number of nitrogens with one attached hydrogen (secondary N) is 1. The van der Waals surface area contributed by atoms with Crippen LogP contribution in [0.5, 0.6) is 0 Å². The highest BCUT2D eigenvalue weighted by atomic mass is 15.1. The predicted molar refractivity (Wildman–Crippen MR) is 61.9 cm³/mol. The monoisotopic (exact) mass is 207 g/mol. The normalized spacial score (nSPS) is 26.0. The minimum Gasteiger partial charge on any atom is -0.335 e. The zero-order valence-electron chi connectivity index (χ0n) is 9.79. The first-order valence-electron chi connectivity index (χ1n) is 6.04. The average Bonchev–Trinajstić information content (AvgIpc) is 2.88. The molecular formula is C12H21N3. The van der Waals surface area contributed by atoms with Crippen LogP contribution in [0.25, 0.3) is 0 Å². The van der Waals surface area contributed by atoms with Crippen LogP contribution in [0.1, 0.15) is 38.8 Å². The molecule has 2 rings (SSSR count). The molecule has 0 saturated carbocycles. The molecule has 3 heteroatoms. The molecule has 1 aliphatic rings. The maximum absolute atomic E-state index is 4.24. The predicted octanol–water partition coefficient (Wildman–Crippen LogP) is 1.98. The summed E-state index contributed by atoms with van der Waals surface area (Å²) in [5.41, 5.74) is 1.71. The number of nitrogens with zero attached hydrogens (tertiary/aromatic N) is 2. The molecule has 0 aliphatic carbocycles. The minimum atomic E-state index is 0.340. The molecular weight excluding hydrogens is 186 g/mol. The van der Waals surface area contributed by atoms with Crippen LogP contribution >= 0.6 is 0 Å². The molecule has 1 fully saturated rings. The third kappa shape index (κ3) is 2.07. The summed E-state index contributed by atoms with van der Waals surface area (Å²) in [7, 11) is 0. The van der Waals surface area contributed by atoms with Crippen molar-refractivity contribution in [1.82, 2.24) is 14.9 Å². The number of rotatable bonds is 4. The van der Waals surface area contributed by atoms with Gasteiger partial charge in [0.15, 0.2) is 0 Å². The quantitative estimate of drug-likeness (QED) is 0.818. The molecule has 1 saturated heterocycles. The summed E-state index contributed by atoms with van der Waals surface area (Å²) in [6, 6.07) is 0. The summed E-state index contributed by atoms with van der Waals surface area (Å²) in [6.45, 7) is 6.65. The highest BCUT2D eigenvalue weighted by Gasteiger charge is 2.32. The van der Waals surface area contributed by atoms with Crippen molar-refractivity contribution in [1.29, 1.82) is 0 Å². The van der Waals surface area contributed by atoms with Gasteiger partial charge in [0, 0.05) is 30.4 Å². The van der Waals surface area contributed by atoms with E-state index in [0.29, 0.717) is 5.54 Å². The smallest absolute Gasteiger partial charge is 0.0948 e. The zero-order chi connectivity index (χ0) is 10.7. The van der Waals surface area contributed by atoms with E-state index in [-0.39, 0.29) is 0 Å². The minimum absolute atomic E-state index is 0.340. The van der Waals surface area contributed by atoms with Gasteiger partial charge in [-0.05, 0) is 32.7 Å². The van der Waals surface area contributed by atoms with Crippen molar-refractivity contribution < 1.29 is 0 Å². The van der Waals surface area contributed by atoms with Gasteiger partial charge in [-0.2, -0.15) is 0 Å². The van der Waals surface area contributed by atoms with E-state index in [1.807, 2.05) is 12.5 Å². The summed E-state index contributed by atoms with van der Waals surface area (Å²) in [6.07, 6.45) is 8.90. The van der Waals surface area contributed by atoms with E-state index in [2.05, 4.69) is 28.7 Å². The second-order valence-electron chi connectivity index (χ2n) is 4.51. The molecule has 0 bridgehead atoms. The Balaban J connectivity index is 2.12. The van der Waals surface area contributed by atoms with Crippen LogP contribution in [0.3, 0.4) is 0 Å². The fourth-order valence-electron chi connectivity index (χ4n) is 2.57. The van der Waals surface area contributed by atoms with Crippen LogP contribution in [-0.2, 0) is 13.0 Å². The highest BCUT2D eigenvalue weighted by Crippen LogP contribution is 2.27. The largest absolute Gasteiger partial charge is 0.335 e. The summed E-state index contributed by atoms with van der Waals surface area (Å²) >= 11 is 0. The molecule has 1 aliphatic heterocycles. The molecule has 1 N–H and O–H groups in total. The Morgan fingerprint density at radius 3 is 3.00 bits per heavy atom. The van der Waals surface area contributed by atoms with Crippen LogP contribution < -0.4 is 5.32 Å². The first-order chi connectivity index (χ1) is 7.29. The summed E-state index contributed by atoms with van der Waals surface area (Å²) in [5, 5.41) is 3.67. The van der Waals surface area contributed by atoms with Crippen LogP contribution in [0.4, 0.5) is 0 Å². The van der Waals surface area contributed by atoms with Crippen molar-refractivity contribution in [2.75, 3.05) is 6.54 Å². The molecule has 0 aromatic carbocycles. The number of hydrogen-bond acceptors (Lipinski definition) is 2. The highest BCUT2D eigenvalue weighted by molar-refractivity contribution is 5.07. The van der Waals surface area contributed by atoms with Gasteiger partial charge in [0.2, 0.25) is 0 Å². The Morgan fingerprint density at radius 1 is 1.53 bits per heavy atom. The molecule has 3 nitrogen and oxygen atoms in total. The van der Waals surface area contributed by atoms with E-state index < -0.39 is 0 Å². The number of aryl methyl sites for hydroxylation is 1. The lowest BCUT2D eigenvalue weighted by molar-refractivity contribution is 0.352. The van der Waals surface area contributed by atoms with Crippen molar-refractivity contribution in [3.05, 3.63) is 18.2 Å². The van der Waals surface area contributed by atoms with E-state index in [0.717, 1.165) is 13.0 Å². The third-order valence-electron chi connectivity index (χ3n) is 3.67. The lowest BCUT2D eigenvalue weighted by Crippen LogP contribution is -2.41. The molecule has 84 valence electrons. The molecule has 2 heterocycles. The van der Waals surface area contributed by atoms with E-state index >= 15 is 0 Å². The van der Waals surface area contributed by atoms with Gasteiger partial charge in [0.1, 0.15) is 0 Å². The van der Waals surface area contributed by atoms with Crippen molar-refractivity contribution in [2.24, 2.45) is 0 Å². The van der Waals surface area contributed by atoms with Crippen molar-refractivity contribution in [2.45, 2.75) is 51.6 Å². The fourth-order valence-corrected chi connectivity index (χ4v) is 2.57. The maximum atomic E-state index is 4.24. The second-order valence-corrected chi connectivity index (χ2v) is 4.51. The Morgan fingerprint density at radius 2 is 2.40 bits per heavy atom. The Labute approximate surface area is 91.9 Å². The van der Waals surface area contributed by atoms with Crippen LogP contribution in [0.2, 0.25) is 0 Å². The van der Waals surface area contributed by atoms with E-state index in [4.69, 9.17) is 0 Å². The number of aromatic nitrogens is 2. The fraction of sp³-hybridized carbons (Fsp3) is 0.750. The first kappa shape index (κ1) is 10.7. The van der Waals surface area contributed by atoms with Gasteiger partial charge in [0.25, 0.3) is 0 Å². The van der Waals surface area contributed by atoms with Gasteiger partial charge < -0.3 is 9.88 Å². The number of hydrogen-bond donors (Lipinski definition) is 1. The van der Waals surface area contributed by atoms with Gasteiger partial charge in [0.05, 0.1) is 6.33 Å². The standard InChI is InChI=1S/C12H21N3/c1-3-12(6-5-7-14-12)8-11-9-13-10-15(11)4-2/h9-10,14H,3-8H2,1-2H3. The van der Waals surface area contributed by atoms with E-state index in [1.165, 1.54) is 31.5 Å². The number of imidazole rings is 1. The van der Waals surface area contributed by atoms with Crippen molar-refractivity contribution in [3.8, 4) is 0 Å². The molecule has 0 spiro atoms. The van der Waals surface area contributed by atoms with Gasteiger partial charge in [-0.1, -0.05) is 6.92 Å². The molecule has 0 amide bonds. The van der Waals surface area contributed by atoms with Gasteiger partial charge in [-0.15, -0.1) is 0 Å². The van der Waals surface area contributed by atoms with Crippen LogP contribution in [0.15, 0.2) is 12.5 Å². The average molecular weight is 207 g/mol. The van der Waals surface area contributed by atoms with Gasteiger partial charge in [-0.25, -0.2) is 4.98 Å². The van der Waals surface area contributed by atoms with Crippen molar-refractivity contribution >= 4 is 0 Å². The zero-order valence-corrected chi connectivity index (χ0v) is 9.79. The van der Waals surface area contributed by atoms with Gasteiger partial charge >= 0.3 is 0 Å². The van der Waals surface area contributed by atoms with E-state index in [9.17, 15) is 0 Å². The molecule has 1 aromatic rings. The lowest BCUT2D eigenvalue weighted by atomic mass is 9.89. The van der Waals surface area contributed by atoms with Crippen LogP contribution in [0, 0.1) is 0 Å². The summed E-state index contributed by atoms with van der Waals surface area (Å²) in [5.74, 6) is 0. The Bertz CT molecular complexity index is 310. The summed E-state index contributed by atoms with van der Waals surface area (Å²) in [4.78, 5) is 4.24. The molecule has 0 radical (unpaired) electrons. The maximum Gasteiger partial charge on any atom is 0.0948 e. The van der Waals surface area contributed by atoms with E-state index in [1.54, 1.807) is 0 Å². The SMILES string of the molecule is CCn1cncc1CC1(CC)CCCN1. The lowest BCUT2D eigenvalue weighted by Gasteiger charge is -2.28. The van der Waals surface area contributed by atoms with Gasteiger partial charge in [-0.3, -0.25) is 0 Å². The second kappa shape index (κ2) is 4.35. The molecule has 1 unspecified atom stereocenters.